The summed E-state index contributed by atoms with van der Waals surface area (Å²) in [5, 5.41) is 2.87. The van der Waals surface area contributed by atoms with Crippen molar-refractivity contribution in [1.29, 1.82) is 0 Å². The summed E-state index contributed by atoms with van der Waals surface area (Å²) in [6.07, 6.45) is 0. The Morgan fingerprint density at radius 1 is 0.935 bits per heavy atom. The Bertz CT molecular complexity index is 1160. The molecule has 0 aliphatic rings. The van der Waals surface area contributed by atoms with E-state index in [1.165, 1.54) is 23.8 Å². The summed E-state index contributed by atoms with van der Waals surface area (Å²) >= 11 is 0. The molecule has 7 heteroatoms. The van der Waals surface area contributed by atoms with Crippen molar-refractivity contribution >= 4 is 21.6 Å². The third-order valence-electron chi connectivity index (χ3n) is 4.79. The number of aryl methyl sites for hydroxylation is 2. The summed E-state index contributed by atoms with van der Waals surface area (Å²) in [5.74, 6) is 0.443. The maximum Gasteiger partial charge on any atom is 0.261 e. The summed E-state index contributed by atoms with van der Waals surface area (Å²) in [7, 11) is -3.73. The van der Waals surface area contributed by atoms with Gasteiger partial charge in [-0.1, -0.05) is 30.3 Å². The van der Waals surface area contributed by atoms with Crippen LogP contribution in [-0.2, 0) is 10.0 Å². The molecule has 0 radical (unpaired) electrons. The molecule has 31 heavy (non-hydrogen) atoms. The van der Waals surface area contributed by atoms with Gasteiger partial charge in [0, 0.05) is 11.3 Å². The van der Waals surface area contributed by atoms with Crippen LogP contribution in [0, 0.1) is 13.8 Å². The fraction of sp³-hybridized carbons (Fsp3) is 0.208. The van der Waals surface area contributed by atoms with Crippen LogP contribution in [0.3, 0.4) is 0 Å². The standard InChI is InChI=1S/C24H26N2O4S/c1-17-12-13-22(14-18(17)2)30-16-19(3)25-24(27)20-8-7-9-21(15-20)26-31(28,29)23-10-5-4-6-11-23/h4-15,19,26H,16H2,1-3H3,(H,25,27). The van der Waals surface area contributed by atoms with Gasteiger partial charge in [-0.2, -0.15) is 0 Å². The van der Waals surface area contributed by atoms with Crippen molar-refractivity contribution in [3.8, 4) is 5.75 Å². The van der Waals surface area contributed by atoms with E-state index in [1.54, 1.807) is 36.4 Å². The van der Waals surface area contributed by atoms with E-state index in [4.69, 9.17) is 4.74 Å². The maximum atomic E-state index is 12.6. The van der Waals surface area contributed by atoms with Crippen LogP contribution < -0.4 is 14.8 Å². The van der Waals surface area contributed by atoms with Crippen molar-refractivity contribution in [1.82, 2.24) is 5.32 Å². The minimum atomic E-state index is -3.73. The molecule has 0 aliphatic carbocycles. The lowest BCUT2D eigenvalue weighted by atomic mass is 10.1. The van der Waals surface area contributed by atoms with E-state index in [0.717, 1.165) is 11.3 Å². The van der Waals surface area contributed by atoms with E-state index in [2.05, 4.69) is 10.0 Å². The molecule has 2 N–H and O–H groups in total. The lowest BCUT2D eigenvalue weighted by molar-refractivity contribution is 0.0926. The number of rotatable bonds is 8. The highest BCUT2D eigenvalue weighted by atomic mass is 32.2. The highest BCUT2D eigenvalue weighted by Crippen LogP contribution is 2.18. The van der Waals surface area contributed by atoms with Gasteiger partial charge in [-0.25, -0.2) is 8.42 Å². The number of sulfonamides is 1. The van der Waals surface area contributed by atoms with Gasteiger partial charge in [0.25, 0.3) is 15.9 Å². The molecule has 0 aromatic heterocycles. The van der Waals surface area contributed by atoms with Crippen LogP contribution in [0.1, 0.15) is 28.4 Å². The number of benzene rings is 3. The summed E-state index contributed by atoms with van der Waals surface area (Å²) in [4.78, 5) is 12.8. The molecule has 0 saturated carbocycles. The van der Waals surface area contributed by atoms with Gasteiger partial charge in [0.2, 0.25) is 0 Å². The average Bonchev–Trinajstić information content (AvgIpc) is 2.75. The molecular weight excluding hydrogens is 412 g/mol. The number of carbonyl (C=O) groups is 1. The highest BCUT2D eigenvalue weighted by molar-refractivity contribution is 7.92. The summed E-state index contributed by atoms with van der Waals surface area (Å²) < 4.78 is 33.3. The lowest BCUT2D eigenvalue weighted by Crippen LogP contribution is -2.36. The van der Waals surface area contributed by atoms with E-state index in [9.17, 15) is 13.2 Å². The molecule has 6 nitrogen and oxygen atoms in total. The van der Waals surface area contributed by atoms with Crippen LogP contribution in [0.2, 0.25) is 0 Å². The Morgan fingerprint density at radius 3 is 2.39 bits per heavy atom. The van der Waals surface area contributed by atoms with Gasteiger partial charge in [0.1, 0.15) is 12.4 Å². The van der Waals surface area contributed by atoms with Crippen molar-refractivity contribution in [2.45, 2.75) is 31.7 Å². The second-order valence-electron chi connectivity index (χ2n) is 7.43. The largest absolute Gasteiger partial charge is 0.491 e. The quantitative estimate of drug-likeness (QED) is 0.549. The Morgan fingerprint density at radius 2 is 1.68 bits per heavy atom. The van der Waals surface area contributed by atoms with Crippen LogP contribution in [-0.4, -0.2) is 27.0 Å². The van der Waals surface area contributed by atoms with Crippen LogP contribution in [0.15, 0.2) is 77.7 Å². The Balaban J connectivity index is 1.61. The number of nitrogens with one attached hydrogen (secondary N) is 2. The molecular formula is C24H26N2O4S. The first-order valence-corrected chi connectivity index (χ1v) is 11.4. The first-order valence-electron chi connectivity index (χ1n) is 9.93. The van der Waals surface area contributed by atoms with Crippen molar-refractivity contribution in [2.75, 3.05) is 11.3 Å². The molecule has 0 spiro atoms. The van der Waals surface area contributed by atoms with E-state index in [0.29, 0.717) is 17.9 Å². The van der Waals surface area contributed by atoms with Crippen molar-refractivity contribution in [3.63, 3.8) is 0 Å². The van der Waals surface area contributed by atoms with Crippen LogP contribution in [0.25, 0.3) is 0 Å². The van der Waals surface area contributed by atoms with Gasteiger partial charge >= 0.3 is 0 Å². The number of carbonyl (C=O) groups excluding carboxylic acids is 1. The molecule has 162 valence electrons. The molecule has 0 fully saturated rings. The Hall–Kier alpha value is -3.32. The van der Waals surface area contributed by atoms with Crippen molar-refractivity contribution in [2.24, 2.45) is 0 Å². The Labute approximate surface area is 183 Å². The molecule has 0 heterocycles. The summed E-state index contributed by atoms with van der Waals surface area (Å²) in [5.41, 5.74) is 3.00. The average molecular weight is 439 g/mol. The third-order valence-corrected chi connectivity index (χ3v) is 6.18. The second kappa shape index (κ2) is 9.66. The minimum Gasteiger partial charge on any atom is -0.491 e. The zero-order chi connectivity index (χ0) is 22.4. The first kappa shape index (κ1) is 22.4. The topological polar surface area (TPSA) is 84.5 Å². The molecule has 1 atom stereocenters. The number of amides is 1. The molecule has 3 aromatic carbocycles. The number of ether oxygens (including phenoxy) is 1. The zero-order valence-corrected chi connectivity index (χ0v) is 18.6. The van der Waals surface area contributed by atoms with Gasteiger partial charge in [0.05, 0.1) is 10.9 Å². The molecule has 3 rings (SSSR count). The van der Waals surface area contributed by atoms with E-state index >= 15 is 0 Å². The SMILES string of the molecule is Cc1ccc(OCC(C)NC(=O)c2cccc(NS(=O)(=O)c3ccccc3)c2)cc1C. The molecule has 1 unspecified atom stereocenters. The molecule has 0 aliphatic heterocycles. The monoisotopic (exact) mass is 438 g/mol. The van der Waals surface area contributed by atoms with E-state index in [-0.39, 0.29) is 16.8 Å². The fourth-order valence-corrected chi connectivity index (χ4v) is 3.98. The van der Waals surface area contributed by atoms with Crippen LogP contribution >= 0.6 is 0 Å². The summed E-state index contributed by atoms with van der Waals surface area (Å²) in [6.45, 7) is 6.22. The van der Waals surface area contributed by atoms with E-state index < -0.39 is 10.0 Å². The predicted octanol–water partition coefficient (Wildman–Crippen LogP) is 4.30. The third kappa shape index (κ3) is 6.08. The maximum absolute atomic E-state index is 12.6. The number of anilines is 1. The molecule has 0 saturated heterocycles. The second-order valence-corrected chi connectivity index (χ2v) is 9.11. The van der Waals surface area contributed by atoms with Crippen LogP contribution in [0.4, 0.5) is 5.69 Å². The first-order chi connectivity index (χ1) is 14.7. The van der Waals surface area contributed by atoms with Gasteiger partial charge in [-0.3, -0.25) is 9.52 Å². The highest BCUT2D eigenvalue weighted by Gasteiger charge is 2.15. The van der Waals surface area contributed by atoms with Gasteiger partial charge < -0.3 is 10.1 Å². The van der Waals surface area contributed by atoms with Crippen molar-refractivity contribution in [3.05, 3.63) is 89.5 Å². The van der Waals surface area contributed by atoms with Gasteiger partial charge in [-0.15, -0.1) is 0 Å². The number of hydrogen-bond acceptors (Lipinski definition) is 4. The lowest BCUT2D eigenvalue weighted by Gasteiger charge is -2.16. The Kier molecular flexibility index (Phi) is 6.97. The fourth-order valence-electron chi connectivity index (χ4n) is 2.91. The summed E-state index contributed by atoms with van der Waals surface area (Å²) in [6, 6.07) is 20.1. The van der Waals surface area contributed by atoms with Crippen molar-refractivity contribution < 1.29 is 17.9 Å². The van der Waals surface area contributed by atoms with E-state index in [1.807, 2.05) is 39.0 Å². The molecule has 0 bridgehead atoms. The molecule has 1 amide bonds. The minimum absolute atomic E-state index is 0.155. The predicted molar refractivity (Wildman–Crippen MR) is 122 cm³/mol. The normalized spacial score (nSPS) is 12.1. The molecule has 3 aromatic rings. The smallest absolute Gasteiger partial charge is 0.261 e. The zero-order valence-electron chi connectivity index (χ0n) is 17.8. The van der Waals surface area contributed by atoms with Gasteiger partial charge in [-0.05, 0) is 74.4 Å². The number of hydrogen-bond donors (Lipinski definition) is 2. The van der Waals surface area contributed by atoms with Gasteiger partial charge in [0.15, 0.2) is 0 Å². The van der Waals surface area contributed by atoms with Crippen LogP contribution in [0.5, 0.6) is 5.75 Å².